The Kier molecular flexibility index (Phi) is 6.76. The summed E-state index contributed by atoms with van der Waals surface area (Å²) in [5, 5.41) is 2.79. The molecule has 0 heterocycles. The van der Waals surface area contributed by atoms with Gasteiger partial charge >= 0.3 is 0 Å². The molecule has 2 aromatic rings. The van der Waals surface area contributed by atoms with Gasteiger partial charge in [0.1, 0.15) is 5.75 Å². The Labute approximate surface area is 154 Å². The number of carbonyl (C=O) groups excluding carboxylic acids is 1. The van der Waals surface area contributed by atoms with Gasteiger partial charge in [-0.1, -0.05) is 42.5 Å². The number of ether oxygens (including phenoxy) is 1. The van der Waals surface area contributed by atoms with E-state index in [9.17, 15) is 13.2 Å². The zero-order valence-corrected chi connectivity index (χ0v) is 16.0. The molecule has 0 radical (unpaired) electrons. The molecule has 6 nitrogen and oxygen atoms in total. The lowest BCUT2D eigenvalue weighted by atomic mass is 10.1. The van der Waals surface area contributed by atoms with Crippen LogP contribution in [0, 0.1) is 13.8 Å². The van der Waals surface area contributed by atoms with Crippen molar-refractivity contribution in [1.82, 2.24) is 10.0 Å². The lowest BCUT2D eigenvalue weighted by Gasteiger charge is -2.12. The molecule has 0 aliphatic carbocycles. The molecule has 0 aromatic heterocycles. The maximum Gasteiger partial charge on any atom is 0.258 e. The van der Waals surface area contributed by atoms with Gasteiger partial charge < -0.3 is 10.1 Å². The summed E-state index contributed by atoms with van der Waals surface area (Å²) in [6.45, 7) is 4.18. The summed E-state index contributed by atoms with van der Waals surface area (Å²) >= 11 is 0. The highest BCUT2D eigenvalue weighted by molar-refractivity contribution is 7.88. The van der Waals surface area contributed by atoms with Crippen LogP contribution in [0.4, 0.5) is 0 Å². The van der Waals surface area contributed by atoms with Crippen LogP contribution in [0.1, 0.15) is 22.3 Å². The maximum atomic E-state index is 12.0. The Bertz CT molecular complexity index is 841. The van der Waals surface area contributed by atoms with E-state index in [-0.39, 0.29) is 18.3 Å². The van der Waals surface area contributed by atoms with Crippen molar-refractivity contribution in [3.05, 3.63) is 64.7 Å². The molecule has 2 rings (SSSR count). The Balaban J connectivity index is 1.84. The van der Waals surface area contributed by atoms with Crippen molar-refractivity contribution in [3.63, 3.8) is 0 Å². The highest BCUT2D eigenvalue weighted by atomic mass is 32.2. The van der Waals surface area contributed by atoms with E-state index >= 15 is 0 Å². The first-order valence-electron chi connectivity index (χ1n) is 8.25. The van der Waals surface area contributed by atoms with Crippen LogP contribution >= 0.6 is 0 Å². The summed E-state index contributed by atoms with van der Waals surface area (Å²) in [4.78, 5) is 12.0. The van der Waals surface area contributed by atoms with Crippen LogP contribution in [-0.2, 0) is 27.1 Å². The monoisotopic (exact) mass is 376 g/mol. The highest BCUT2D eigenvalue weighted by Crippen LogP contribution is 2.22. The Morgan fingerprint density at radius 1 is 1.00 bits per heavy atom. The fourth-order valence-corrected chi connectivity index (χ4v) is 3.24. The van der Waals surface area contributed by atoms with Gasteiger partial charge in [-0.3, -0.25) is 4.79 Å². The summed E-state index contributed by atoms with van der Waals surface area (Å²) in [5.41, 5.74) is 3.55. The predicted molar refractivity (Wildman–Crippen MR) is 101 cm³/mol. The summed E-state index contributed by atoms with van der Waals surface area (Å²) in [5.74, 6) is 0.451. The van der Waals surface area contributed by atoms with E-state index in [1.54, 1.807) is 24.3 Å². The third-order valence-electron chi connectivity index (χ3n) is 3.94. The fourth-order valence-electron chi connectivity index (χ4n) is 2.46. The first kappa shape index (κ1) is 19.9. The second-order valence-electron chi connectivity index (χ2n) is 6.07. The Hall–Kier alpha value is -2.38. The molecule has 26 heavy (non-hydrogen) atoms. The number of rotatable bonds is 8. The predicted octanol–water partition coefficient (Wildman–Crippen LogP) is 2.05. The third-order valence-corrected chi connectivity index (χ3v) is 5.27. The van der Waals surface area contributed by atoms with Gasteiger partial charge in [-0.2, -0.15) is 0 Å². The molecular weight excluding hydrogens is 352 g/mol. The quantitative estimate of drug-likeness (QED) is 0.738. The molecular formula is C19H24N2O4S. The second-order valence-corrected chi connectivity index (χ2v) is 7.99. The molecule has 0 bridgehead atoms. The van der Waals surface area contributed by atoms with Gasteiger partial charge in [0, 0.05) is 6.54 Å². The lowest BCUT2D eigenvalue weighted by Crippen LogP contribution is -2.28. The number of benzene rings is 2. The van der Waals surface area contributed by atoms with Crippen molar-refractivity contribution in [2.24, 2.45) is 0 Å². The number of hydrogen-bond acceptors (Lipinski definition) is 4. The molecule has 0 fully saturated rings. The number of hydrogen-bond donors (Lipinski definition) is 2. The van der Waals surface area contributed by atoms with Crippen LogP contribution in [0.5, 0.6) is 5.75 Å². The van der Waals surface area contributed by atoms with Crippen molar-refractivity contribution in [3.8, 4) is 5.75 Å². The molecule has 0 saturated carbocycles. The van der Waals surface area contributed by atoms with Crippen LogP contribution in [0.15, 0.2) is 42.5 Å². The summed E-state index contributed by atoms with van der Waals surface area (Å²) in [7, 11) is -1.90. The van der Waals surface area contributed by atoms with Crippen molar-refractivity contribution in [1.29, 1.82) is 0 Å². The molecule has 2 N–H and O–H groups in total. The van der Waals surface area contributed by atoms with Crippen molar-refractivity contribution >= 4 is 15.9 Å². The summed E-state index contributed by atoms with van der Waals surface area (Å²) < 4.78 is 30.9. The molecule has 0 spiro atoms. The van der Waals surface area contributed by atoms with E-state index in [0.29, 0.717) is 12.1 Å². The second kappa shape index (κ2) is 8.82. The highest BCUT2D eigenvalue weighted by Gasteiger charge is 2.09. The van der Waals surface area contributed by atoms with Gasteiger partial charge in [-0.15, -0.1) is 0 Å². The van der Waals surface area contributed by atoms with Crippen molar-refractivity contribution in [2.75, 3.05) is 13.7 Å². The van der Waals surface area contributed by atoms with Crippen LogP contribution in [0.3, 0.4) is 0 Å². The molecule has 0 unspecified atom stereocenters. The topological polar surface area (TPSA) is 84.5 Å². The minimum absolute atomic E-state index is 0.0514. The zero-order chi connectivity index (χ0) is 19.2. The van der Waals surface area contributed by atoms with Gasteiger partial charge in [0.2, 0.25) is 10.0 Å². The van der Waals surface area contributed by atoms with Crippen molar-refractivity contribution in [2.45, 2.75) is 26.1 Å². The van der Waals surface area contributed by atoms with E-state index < -0.39 is 10.0 Å². The number of amides is 1. The summed E-state index contributed by atoms with van der Waals surface area (Å²) in [6.07, 6.45) is 0. The van der Waals surface area contributed by atoms with Crippen LogP contribution in [0.2, 0.25) is 0 Å². The van der Waals surface area contributed by atoms with Crippen molar-refractivity contribution < 1.29 is 17.9 Å². The van der Waals surface area contributed by atoms with E-state index in [1.165, 1.54) is 7.05 Å². The summed E-state index contributed by atoms with van der Waals surface area (Å²) in [6, 6.07) is 12.9. The molecule has 0 aliphatic rings. The number of aryl methyl sites for hydroxylation is 2. The zero-order valence-electron chi connectivity index (χ0n) is 15.2. The largest absolute Gasteiger partial charge is 0.483 e. The minimum Gasteiger partial charge on any atom is -0.483 e. The molecule has 0 atom stereocenters. The molecule has 0 saturated heterocycles. The van der Waals surface area contributed by atoms with Gasteiger partial charge in [0.15, 0.2) is 6.61 Å². The van der Waals surface area contributed by atoms with Gasteiger partial charge in [-0.25, -0.2) is 13.1 Å². The molecule has 7 heteroatoms. The van der Waals surface area contributed by atoms with Crippen LogP contribution in [-0.4, -0.2) is 28.0 Å². The normalized spacial score (nSPS) is 11.2. The lowest BCUT2D eigenvalue weighted by molar-refractivity contribution is -0.123. The molecule has 0 aliphatic heterocycles. The number of carbonyl (C=O) groups is 1. The van der Waals surface area contributed by atoms with Gasteiger partial charge in [0.05, 0.1) is 5.75 Å². The maximum absolute atomic E-state index is 12.0. The molecule has 1 amide bonds. The van der Waals surface area contributed by atoms with E-state index in [2.05, 4.69) is 10.0 Å². The van der Waals surface area contributed by atoms with E-state index in [4.69, 9.17) is 4.74 Å². The third kappa shape index (κ3) is 5.86. The van der Waals surface area contributed by atoms with E-state index in [0.717, 1.165) is 22.4 Å². The minimum atomic E-state index is -3.29. The van der Waals surface area contributed by atoms with Crippen LogP contribution in [0.25, 0.3) is 0 Å². The Morgan fingerprint density at radius 3 is 2.15 bits per heavy atom. The average molecular weight is 376 g/mol. The average Bonchev–Trinajstić information content (AvgIpc) is 2.60. The number of sulfonamides is 1. The SMILES string of the molecule is CNS(=O)(=O)Cc1ccc(CNC(=O)COc2c(C)cccc2C)cc1. The first-order valence-corrected chi connectivity index (χ1v) is 9.90. The fraction of sp³-hybridized carbons (Fsp3) is 0.316. The molecule has 140 valence electrons. The van der Waals surface area contributed by atoms with E-state index in [1.807, 2.05) is 32.0 Å². The Morgan fingerprint density at radius 2 is 1.58 bits per heavy atom. The number of nitrogens with one attached hydrogen (secondary N) is 2. The first-order chi connectivity index (χ1) is 12.3. The van der Waals surface area contributed by atoms with Gasteiger partial charge in [-0.05, 0) is 43.1 Å². The number of para-hydroxylation sites is 1. The van der Waals surface area contributed by atoms with Gasteiger partial charge in [0.25, 0.3) is 5.91 Å². The standard InChI is InChI=1S/C19H24N2O4S/c1-14-5-4-6-15(2)19(14)25-12-18(22)21-11-16-7-9-17(10-8-16)13-26(23,24)20-3/h4-10,20H,11-13H2,1-3H3,(H,21,22). The van der Waals surface area contributed by atoms with Crippen LogP contribution < -0.4 is 14.8 Å². The smallest absolute Gasteiger partial charge is 0.258 e. The molecule has 2 aromatic carbocycles.